The Morgan fingerprint density at radius 2 is 2.04 bits per heavy atom. The fraction of sp³-hybridized carbons (Fsp3) is 0.474. The molecule has 0 aromatic carbocycles. The van der Waals surface area contributed by atoms with Crippen molar-refractivity contribution in [2.75, 3.05) is 0 Å². The van der Waals surface area contributed by atoms with E-state index < -0.39 is 11.7 Å². The van der Waals surface area contributed by atoms with Gasteiger partial charge in [0.25, 0.3) is 5.91 Å². The van der Waals surface area contributed by atoms with Crippen LogP contribution >= 0.6 is 0 Å². The second-order valence-electron chi connectivity index (χ2n) is 6.69. The molecule has 0 bridgehead atoms. The fourth-order valence-electron chi connectivity index (χ4n) is 4.01. The van der Waals surface area contributed by atoms with Crippen LogP contribution < -0.4 is 16.4 Å². The van der Waals surface area contributed by atoms with Gasteiger partial charge in [0.15, 0.2) is 11.2 Å². The highest BCUT2D eigenvalue weighted by Gasteiger charge is 2.21. The molecule has 5 heteroatoms. The molecule has 0 unspecified atom stereocenters. The highest BCUT2D eigenvalue weighted by atomic mass is 16.3. The minimum Gasteiger partial charge on any atom is -0.503 e. The Morgan fingerprint density at radius 1 is 1.33 bits per heavy atom. The van der Waals surface area contributed by atoms with Crippen molar-refractivity contribution < 1.29 is 9.90 Å². The van der Waals surface area contributed by atoms with Gasteiger partial charge >= 0.3 is 0 Å². The van der Waals surface area contributed by atoms with Crippen LogP contribution in [0.3, 0.4) is 0 Å². The van der Waals surface area contributed by atoms with Gasteiger partial charge in [-0.25, -0.2) is 0 Å². The van der Waals surface area contributed by atoms with Crippen molar-refractivity contribution in [3.63, 3.8) is 0 Å². The summed E-state index contributed by atoms with van der Waals surface area (Å²) in [6.07, 6.45) is 9.53. The lowest BCUT2D eigenvalue weighted by molar-refractivity contribution is -0.114. The van der Waals surface area contributed by atoms with E-state index in [-0.39, 0.29) is 5.43 Å². The summed E-state index contributed by atoms with van der Waals surface area (Å²) in [6, 6.07) is 2.99. The Hall–Kier alpha value is -2.30. The van der Waals surface area contributed by atoms with E-state index in [4.69, 9.17) is 5.73 Å². The maximum Gasteiger partial charge on any atom is 0.284 e. The molecular weight excluding hydrogens is 304 g/mol. The summed E-state index contributed by atoms with van der Waals surface area (Å²) in [4.78, 5) is 23.4. The van der Waals surface area contributed by atoms with E-state index in [0.717, 1.165) is 17.7 Å². The third-order valence-corrected chi connectivity index (χ3v) is 5.15. The van der Waals surface area contributed by atoms with Crippen LogP contribution in [-0.2, 0) is 17.6 Å². The van der Waals surface area contributed by atoms with E-state index in [2.05, 4.69) is 0 Å². The molecule has 0 aliphatic heterocycles. The molecular formula is C19H24N2O3. The normalized spacial score (nSPS) is 17.2. The summed E-state index contributed by atoms with van der Waals surface area (Å²) in [5, 5.41) is 10.7. The molecule has 1 saturated carbocycles. The first-order valence-corrected chi connectivity index (χ1v) is 8.71. The molecule has 3 rings (SSSR count). The number of aliphatic hydroxyl groups excluding tert-OH is 1. The maximum absolute atomic E-state index is 11.8. The van der Waals surface area contributed by atoms with E-state index >= 15 is 0 Å². The van der Waals surface area contributed by atoms with Gasteiger partial charge in [0.2, 0.25) is 0 Å². The number of amides is 1. The molecule has 1 aliphatic carbocycles. The SMILES string of the molecule is CCc1c(CC2CCCCC2)n2ccc(=O)cc2/c1=C(\O)C(N)=O. The van der Waals surface area contributed by atoms with Crippen LogP contribution in [0, 0.1) is 5.92 Å². The zero-order valence-electron chi connectivity index (χ0n) is 14.0. The molecule has 128 valence electrons. The van der Waals surface area contributed by atoms with Crippen molar-refractivity contribution >= 4 is 17.2 Å². The molecule has 2 aromatic heterocycles. The fourth-order valence-corrected chi connectivity index (χ4v) is 4.01. The first-order chi connectivity index (χ1) is 11.5. The van der Waals surface area contributed by atoms with Crippen molar-refractivity contribution in [2.24, 2.45) is 11.7 Å². The van der Waals surface area contributed by atoms with Gasteiger partial charge in [0.1, 0.15) is 0 Å². The second kappa shape index (κ2) is 6.67. The Balaban J connectivity index is 2.26. The third-order valence-electron chi connectivity index (χ3n) is 5.15. The zero-order chi connectivity index (χ0) is 17.3. The number of aromatic nitrogens is 1. The number of hydrogen-bond acceptors (Lipinski definition) is 3. The molecule has 1 amide bonds. The average molecular weight is 328 g/mol. The van der Waals surface area contributed by atoms with Crippen LogP contribution in [0.15, 0.2) is 23.1 Å². The maximum atomic E-state index is 11.8. The molecule has 1 fully saturated rings. The summed E-state index contributed by atoms with van der Waals surface area (Å²) < 4.78 is 1.95. The summed E-state index contributed by atoms with van der Waals surface area (Å²) >= 11 is 0. The number of carbonyl (C=O) groups excluding carboxylic acids is 1. The van der Waals surface area contributed by atoms with Gasteiger partial charge in [-0.2, -0.15) is 0 Å². The van der Waals surface area contributed by atoms with Gasteiger partial charge < -0.3 is 15.2 Å². The summed E-state index contributed by atoms with van der Waals surface area (Å²) in [7, 11) is 0. The van der Waals surface area contributed by atoms with E-state index in [9.17, 15) is 14.7 Å². The minimum absolute atomic E-state index is 0.148. The Kier molecular flexibility index (Phi) is 4.60. The first kappa shape index (κ1) is 16.6. The molecule has 5 nitrogen and oxygen atoms in total. The van der Waals surface area contributed by atoms with Crippen LogP contribution in [0.1, 0.15) is 50.3 Å². The van der Waals surface area contributed by atoms with Crippen molar-refractivity contribution in [1.29, 1.82) is 0 Å². The van der Waals surface area contributed by atoms with E-state index in [1.807, 2.05) is 11.3 Å². The molecule has 2 heterocycles. The predicted molar refractivity (Wildman–Crippen MR) is 93.8 cm³/mol. The zero-order valence-corrected chi connectivity index (χ0v) is 14.0. The van der Waals surface area contributed by atoms with Gasteiger partial charge in [0, 0.05) is 24.0 Å². The molecule has 1 aliphatic rings. The number of pyridine rings is 1. The second-order valence-corrected chi connectivity index (χ2v) is 6.69. The molecule has 0 saturated heterocycles. The molecule has 0 radical (unpaired) electrons. The van der Waals surface area contributed by atoms with E-state index in [1.165, 1.54) is 44.2 Å². The van der Waals surface area contributed by atoms with Crippen LogP contribution in [0.25, 0.3) is 11.3 Å². The van der Waals surface area contributed by atoms with Crippen molar-refractivity contribution in [3.05, 3.63) is 45.0 Å². The quantitative estimate of drug-likeness (QED) is 0.898. The van der Waals surface area contributed by atoms with Gasteiger partial charge in [-0.1, -0.05) is 39.0 Å². The standard InChI is InChI=1S/C19H24N2O3/c1-2-14-15(10-12-6-4-3-5-7-12)21-9-8-13(22)11-16(21)17(14)18(23)19(20)24/h8-9,11-12,23H,2-7,10H2,1H3,(H2,20,24)/b18-17-. The van der Waals surface area contributed by atoms with Crippen molar-refractivity contribution in [2.45, 2.75) is 51.9 Å². The number of hydrogen-bond donors (Lipinski definition) is 2. The summed E-state index contributed by atoms with van der Waals surface area (Å²) in [6.45, 7) is 2.00. The Morgan fingerprint density at radius 3 is 2.67 bits per heavy atom. The first-order valence-electron chi connectivity index (χ1n) is 8.71. The number of nitrogens with zero attached hydrogens (tertiary/aromatic N) is 1. The topological polar surface area (TPSA) is 84.8 Å². The van der Waals surface area contributed by atoms with Gasteiger partial charge in [0.05, 0.1) is 10.7 Å². The summed E-state index contributed by atoms with van der Waals surface area (Å²) in [5.41, 5.74) is 7.73. The van der Waals surface area contributed by atoms with Gasteiger partial charge in [-0.3, -0.25) is 9.59 Å². The number of rotatable bonds is 4. The lowest BCUT2D eigenvalue weighted by Gasteiger charge is -2.22. The highest BCUT2D eigenvalue weighted by molar-refractivity contribution is 6.09. The molecule has 0 spiro atoms. The lowest BCUT2D eigenvalue weighted by atomic mass is 9.85. The van der Waals surface area contributed by atoms with Crippen LogP contribution in [0.2, 0.25) is 0 Å². The van der Waals surface area contributed by atoms with Crippen LogP contribution in [0.4, 0.5) is 0 Å². The number of carbonyl (C=O) groups is 1. The number of nitrogens with two attached hydrogens (primary N) is 1. The molecule has 3 N–H and O–H groups in total. The monoisotopic (exact) mass is 328 g/mol. The number of primary amides is 1. The summed E-state index contributed by atoms with van der Waals surface area (Å²) in [5.74, 6) is -0.708. The van der Waals surface area contributed by atoms with Crippen LogP contribution in [0.5, 0.6) is 0 Å². The lowest BCUT2D eigenvalue weighted by Crippen LogP contribution is -2.23. The highest BCUT2D eigenvalue weighted by Crippen LogP contribution is 2.28. The van der Waals surface area contributed by atoms with Gasteiger partial charge in [-0.05, 0) is 24.3 Å². The average Bonchev–Trinajstić information content (AvgIpc) is 2.87. The molecule has 0 atom stereocenters. The predicted octanol–water partition coefficient (Wildman–Crippen LogP) is 1.86. The van der Waals surface area contributed by atoms with Crippen molar-refractivity contribution in [3.8, 4) is 0 Å². The Labute approximate surface area is 140 Å². The van der Waals surface area contributed by atoms with E-state index in [0.29, 0.717) is 23.1 Å². The molecule has 24 heavy (non-hydrogen) atoms. The van der Waals surface area contributed by atoms with Crippen LogP contribution in [-0.4, -0.2) is 15.4 Å². The van der Waals surface area contributed by atoms with Crippen molar-refractivity contribution in [1.82, 2.24) is 4.40 Å². The number of aliphatic hydroxyl groups is 1. The minimum atomic E-state index is -0.863. The third kappa shape index (κ3) is 2.90. The van der Waals surface area contributed by atoms with Gasteiger partial charge in [-0.15, -0.1) is 0 Å². The largest absolute Gasteiger partial charge is 0.503 e. The van der Waals surface area contributed by atoms with E-state index in [1.54, 1.807) is 6.20 Å². The smallest absolute Gasteiger partial charge is 0.284 e. The number of fused-ring (bicyclic) bond motifs is 1. The molecule has 2 aromatic rings. The Bertz CT molecular complexity index is 876.